The predicted molar refractivity (Wildman–Crippen MR) is 86.9 cm³/mol. The van der Waals surface area contributed by atoms with Crippen LogP contribution in [0.25, 0.3) is 5.69 Å². The summed E-state index contributed by atoms with van der Waals surface area (Å²) in [7, 11) is 1.51. The van der Waals surface area contributed by atoms with Gasteiger partial charge in [0.15, 0.2) is 23.9 Å². The monoisotopic (exact) mass is 344 g/mol. The average Bonchev–Trinajstić information content (AvgIpc) is 3.09. The molecule has 0 aliphatic carbocycles. The van der Waals surface area contributed by atoms with Crippen LogP contribution in [0.5, 0.6) is 11.5 Å². The Morgan fingerprint density at radius 1 is 1.17 bits per heavy atom. The quantitative estimate of drug-likeness (QED) is 0.640. The van der Waals surface area contributed by atoms with E-state index in [1.165, 1.54) is 7.11 Å². The van der Waals surface area contributed by atoms with E-state index in [1.807, 2.05) is 12.1 Å². The second-order valence-electron chi connectivity index (χ2n) is 4.80. The molecule has 0 aliphatic heterocycles. The summed E-state index contributed by atoms with van der Waals surface area (Å²) >= 11 is 5.89. The Morgan fingerprint density at radius 2 is 1.96 bits per heavy atom. The van der Waals surface area contributed by atoms with Crippen LogP contribution >= 0.6 is 11.6 Å². The molecule has 0 saturated carbocycles. The number of tetrazole rings is 1. The summed E-state index contributed by atoms with van der Waals surface area (Å²) in [5.41, 5.74) is 1.27. The van der Waals surface area contributed by atoms with Gasteiger partial charge in [-0.15, -0.1) is 5.10 Å². The molecule has 24 heavy (non-hydrogen) atoms. The van der Waals surface area contributed by atoms with Gasteiger partial charge in [-0.1, -0.05) is 11.6 Å². The summed E-state index contributed by atoms with van der Waals surface area (Å²) in [4.78, 5) is 10.8. The zero-order valence-corrected chi connectivity index (χ0v) is 13.5. The largest absolute Gasteiger partial charge is 0.493 e. The van der Waals surface area contributed by atoms with Crippen molar-refractivity contribution in [3.8, 4) is 17.2 Å². The average molecular weight is 345 g/mol. The fourth-order valence-electron chi connectivity index (χ4n) is 2.10. The van der Waals surface area contributed by atoms with Gasteiger partial charge in [0.1, 0.15) is 6.29 Å². The highest BCUT2D eigenvalue weighted by atomic mass is 35.5. The summed E-state index contributed by atoms with van der Waals surface area (Å²) in [6.07, 6.45) is 0.743. The number of aromatic nitrogens is 4. The number of hydrogen-bond acceptors (Lipinski definition) is 6. The minimum absolute atomic E-state index is 0.131. The number of ether oxygens (including phenoxy) is 2. The summed E-state index contributed by atoms with van der Waals surface area (Å²) in [5, 5.41) is 12.2. The molecule has 0 unspecified atom stereocenters. The van der Waals surface area contributed by atoms with Crippen molar-refractivity contribution < 1.29 is 14.3 Å². The van der Waals surface area contributed by atoms with Gasteiger partial charge in [-0.2, -0.15) is 4.68 Å². The molecule has 2 aromatic carbocycles. The van der Waals surface area contributed by atoms with E-state index in [1.54, 1.807) is 35.0 Å². The zero-order valence-electron chi connectivity index (χ0n) is 12.7. The molecule has 0 fully saturated rings. The third-order valence-electron chi connectivity index (χ3n) is 3.29. The molecule has 0 radical (unpaired) electrons. The molecule has 122 valence electrons. The van der Waals surface area contributed by atoms with Crippen LogP contribution in [-0.4, -0.2) is 33.6 Å². The molecular weight excluding hydrogens is 332 g/mol. The minimum atomic E-state index is 0.131. The summed E-state index contributed by atoms with van der Waals surface area (Å²) in [6, 6.07) is 12.0. The van der Waals surface area contributed by atoms with Crippen LogP contribution in [0.2, 0.25) is 5.02 Å². The lowest BCUT2D eigenvalue weighted by Gasteiger charge is -2.11. The summed E-state index contributed by atoms with van der Waals surface area (Å²) < 4.78 is 12.5. The fraction of sp³-hybridized carbons (Fsp3) is 0.125. The molecule has 0 atom stereocenters. The van der Waals surface area contributed by atoms with Crippen molar-refractivity contribution in [2.75, 3.05) is 7.11 Å². The van der Waals surface area contributed by atoms with Crippen molar-refractivity contribution in [2.45, 2.75) is 6.61 Å². The van der Waals surface area contributed by atoms with Gasteiger partial charge in [0.25, 0.3) is 0 Å². The Kier molecular flexibility index (Phi) is 4.72. The number of aldehydes is 1. The van der Waals surface area contributed by atoms with E-state index in [2.05, 4.69) is 15.5 Å². The topological polar surface area (TPSA) is 79.1 Å². The van der Waals surface area contributed by atoms with Crippen LogP contribution < -0.4 is 9.47 Å². The Balaban J connectivity index is 1.80. The third kappa shape index (κ3) is 3.36. The van der Waals surface area contributed by atoms with E-state index >= 15 is 0 Å². The Bertz CT molecular complexity index is 849. The molecule has 0 spiro atoms. The van der Waals surface area contributed by atoms with Crippen molar-refractivity contribution >= 4 is 17.9 Å². The molecule has 0 saturated heterocycles. The molecule has 0 bridgehead atoms. The van der Waals surface area contributed by atoms with Crippen LogP contribution in [0.1, 0.15) is 16.2 Å². The van der Waals surface area contributed by atoms with Gasteiger partial charge in [-0.05, 0) is 52.9 Å². The number of rotatable bonds is 6. The van der Waals surface area contributed by atoms with E-state index in [9.17, 15) is 4.79 Å². The van der Waals surface area contributed by atoms with Crippen molar-refractivity contribution in [1.82, 2.24) is 20.2 Å². The lowest BCUT2D eigenvalue weighted by Crippen LogP contribution is -2.07. The maximum atomic E-state index is 10.8. The molecule has 0 N–H and O–H groups in total. The molecule has 1 aromatic heterocycles. The molecule has 8 heteroatoms. The smallest absolute Gasteiger partial charge is 0.194 e. The highest BCUT2D eigenvalue weighted by Crippen LogP contribution is 2.28. The first-order valence-corrected chi connectivity index (χ1v) is 7.38. The first-order chi connectivity index (χ1) is 11.7. The summed E-state index contributed by atoms with van der Waals surface area (Å²) in [5.74, 6) is 1.47. The number of carbonyl (C=O) groups excluding carboxylic acids is 1. The van der Waals surface area contributed by atoms with Gasteiger partial charge in [0.2, 0.25) is 0 Å². The number of methoxy groups -OCH3 is 1. The first kappa shape index (κ1) is 15.9. The van der Waals surface area contributed by atoms with Crippen LogP contribution in [0.3, 0.4) is 0 Å². The maximum absolute atomic E-state index is 10.8. The molecule has 0 amide bonds. The number of benzene rings is 2. The highest BCUT2D eigenvalue weighted by Gasteiger charge is 2.11. The Morgan fingerprint density at radius 3 is 2.67 bits per heavy atom. The molecule has 1 heterocycles. The van der Waals surface area contributed by atoms with E-state index in [0.717, 1.165) is 12.0 Å². The van der Waals surface area contributed by atoms with Gasteiger partial charge in [0, 0.05) is 10.6 Å². The molecule has 7 nitrogen and oxygen atoms in total. The number of hydrogen-bond donors (Lipinski definition) is 0. The highest BCUT2D eigenvalue weighted by molar-refractivity contribution is 6.30. The van der Waals surface area contributed by atoms with Crippen LogP contribution in [0, 0.1) is 0 Å². The van der Waals surface area contributed by atoms with Gasteiger partial charge >= 0.3 is 0 Å². The van der Waals surface area contributed by atoms with Gasteiger partial charge in [-0.25, -0.2) is 0 Å². The van der Waals surface area contributed by atoms with Crippen molar-refractivity contribution in [3.63, 3.8) is 0 Å². The van der Waals surface area contributed by atoms with Crippen LogP contribution in [0.4, 0.5) is 0 Å². The van der Waals surface area contributed by atoms with E-state index in [0.29, 0.717) is 27.9 Å². The van der Waals surface area contributed by atoms with Gasteiger partial charge in [-0.3, -0.25) is 4.79 Å². The van der Waals surface area contributed by atoms with Crippen molar-refractivity contribution in [2.24, 2.45) is 0 Å². The Hall–Kier alpha value is -2.93. The van der Waals surface area contributed by atoms with E-state index in [-0.39, 0.29) is 6.61 Å². The predicted octanol–water partition coefficient (Wildman–Crippen LogP) is 2.72. The van der Waals surface area contributed by atoms with Crippen molar-refractivity contribution in [1.29, 1.82) is 0 Å². The van der Waals surface area contributed by atoms with Gasteiger partial charge < -0.3 is 9.47 Å². The van der Waals surface area contributed by atoms with E-state index < -0.39 is 0 Å². The van der Waals surface area contributed by atoms with Crippen LogP contribution in [0.15, 0.2) is 42.5 Å². The minimum Gasteiger partial charge on any atom is -0.493 e. The number of nitrogens with zero attached hydrogens (tertiary/aromatic N) is 4. The molecule has 0 aliphatic rings. The maximum Gasteiger partial charge on any atom is 0.194 e. The third-order valence-corrected chi connectivity index (χ3v) is 3.54. The number of carbonyl (C=O) groups is 1. The normalized spacial score (nSPS) is 10.4. The zero-order chi connectivity index (χ0) is 16.9. The molecule has 3 rings (SSSR count). The molecule has 3 aromatic rings. The first-order valence-electron chi connectivity index (χ1n) is 7.00. The summed E-state index contributed by atoms with van der Waals surface area (Å²) in [6.45, 7) is 0.131. The lowest BCUT2D eigenvalue weighted by molar-refractivity contribution is 0.112. The van der Waals surface area contributed by atoms with Crippen molar-refractivity contribution in [3.05, 3.63) is 58.9 Å². The van der Waals surface area contributed by atoms with Gasteiger partial charge in [0.05, 0.1) is 12.8 Å². The lowest BCUT2D eigenvalue weighted by atomic mass is 10.2. The second-order valence-corrected chi connectivity index (χ2v) is 5.24. The van der Waals surface area contributed by atoms with Crippen LogP contribution in [-0.2, 0) is 6.61 Å². The fourth-order valence-corrected chi connectivity index (χ4v) is 2.22. The molecular formula is C16H13ClN4O3. The Labute approximate surface area is 142 Å². The second kappa shape index (κ2) is 7.10. The SMILES string of the molecule is COc1cc(C=O)ccc1OCc1nnnn1-c1ccc(Cl)cc1. The number of halogens is 1. The van der Waals surface area contributed by atoms with E-state index in [4.69, 9.17) is 21.1 Å². The standard InChI is InChI=1S/C16H13ClN4O3/c1-23-15-8-11(9-22)2-7-14(15)24-10-16-18-19-20-21(16)13-5-3-12(17)4-6-13/h2-9H,10H2,1H3.